The molecule has 0 aromatic carbocycles. The summed E-state index contributed by atoms with van der Waals surface area (Å²) < 4.78 is 5.57. The fourth-order valence-electron chi connectivity index (χ4n) is 1.90. The van der Waals surface area contributed by atoms with Gasteiger partial charge in [-0.1, -0.05) is 0 Å². The standard InChI is InChI=1S/C12H21NO4/c14-11(6-7-12(15)16)13-8-3-5-10-4-1-2-9-17-10/h10H,1-9H2,(H,13,14)(H,15,16). The van der Waals surface area contributed by atoms with Gasteiger partial charge in [-0.15, -0.1) is 0 Å². The van der Waals surface area contributed by atoms with Crippen LogP contribution in [0.15, 0.2) is 0 Å². The average Bonchev–Trinajstić information content (AvgIpc) is 2.33. The van der Waals surface area contributed by atoms with Crippen molar-refractivity contribution in [3.63, 3.8) is 0 Å². The van der Waals surface area contributed by atoms with Crippen molar-refractivity contribution in [2.75, 3.05) is 13.2 Å². The Morgan fingerprint density at radius 2 is 2.12 bits per heavy atom. The highest BCUT2D eigenvalue weighted by molar-refractivity contribution is 5.80. The second-order valence-electron chi connectivity index (χ2n) is 4.37. The van der Waals surface area contributed by atoms with Crippen LogP contribution in [0.3, 0.4) is 0 Å². The molecule has 0 bridgehead atoms. The minimum Gasteiger partial charge on any atom is -0.481 e. The van der Waals surface area contributed by atoms with Crippen molar-refractivity contribution in [1.82, 2.24) is 5.32 Å². The number of ether oxygens (including phenoxy) is 1. The molecular formula is C12H21NO4. The number of carboxylic acids is 1. The predicted molar refractivity (Wildman–Crippen MR) is 62.7 cm³/mol. The van der Waals surface area contributed by atoms with E-state index >= 15 is 0 Å². The maximum absolute atomic E-state index is 11.2. The molecule has 1 atom stereocenters. The van der Waals surface area contributed by atoms with Gasteiger partial charge in [-0.05, 0) is 32.1 Å². The number of carboxylic acid groups (broad SMARTS) is 1. The first kappa shape index (κ1) is 14.0. The van der Waals surface area contributed by atoms with Gasteiger partial charge < -0.3 is 15.2 Å². The van der Waals surface area contributed by atoms with Crippen LogP contribution in [-0.2, 0) is 14.3 Å². The summed E-state index contributed by atoms with van der Waals surface area (Å²) in [5.41, 5.74) is 0. The van der Waals surface area contributed by atoms with Gasteiger partial charge in [-0.3, -0.25) is 9.59 Å². The number of nitrogens with one attached hydrogen (secondary N) is 1. The smallest absolute Gasteiger partial charge is 0.303 e. The van der Waals surface area contributed by atoms with Gasteiger partial charge in [0.05, 0.1) is 12.5 Å². The molecule has 0 aliphatic carbocycles. The fourth-order valence-corrected chi connectivity index (χ4v) is 1.90. The summed E-state index contributed by atoms with van der Waals surface area (Å²) in [5.74, 6) is -1.12. The van der Waals surface area contributed by atoms with Crippen LogP contribution < -0.4 is 5.32 Å². The lowest BCUT2D eigenvalue weighted by molar-refractivity contribution is -0.138. The van der Waals surface area contributed by atoms with E-state index in [-0.39, 0.29) is 18.7 Å². The van der Waals surface area contributed by atoms with E-state index < -0.39 is 5.97 Å². The molecule has 0 spiro atoms. The second kappa shape index (κ2) is 8.06. The zero-order valence-corrected chi connectivity index (χ0v) is 10.1. The van der Waals surface area contributed by atoms with E-state index in [0.29, 0.717) is 12.6 Å². The Labute approximate surface area is 102 Å². The normalized spacial score (nSPS) is 19.9. The van der Waals surface area contributed by atoms with E-state index in [9.17, 15) is 9.59 Å². The molecule has 1 unspecified atom stereocenters. The van der Waals surface area contributed by atoms with Gasteiger partial charge in [0.25, 0.3) is 0 Å². The maximum atomic E-state index is 11.2. The maximum Gasteiger partial charge on any atom is 0.303 e. The summed E-state index contributed by atoms with van der Waals surface area (Å²) in [6.07, 6.45) is 5.68. The first-order chi connectivity index (χ1) is 8.18. The topological polar surface area (TPSA) is 75.6 Å². The molecule has 1 saturated heterocycles. The van der Waals surface area contributed by atoms with E-state index in [1.54, 1.807) is 0 Å². The third kappa shape index (κ3) is 6.94. The number of hydrogen-bond acceptors (Lipinski definition) is 3. The molecule has 1 heterocycles. The SMILES string of the molecule is O=C(O)CCC(=O)NCCCC1CCCCO1. The second-order valence-corrected chi connectivity index (χ2v) is 4.37. The zero-order valence-electron chi connectivity index (χ0n) is 10.1. The number of carbonyl (C=O) groups is 2. The highest BCUT2D eigenvalue weighted by atomic mass is 16.5. The molecule has 5 nitrogen and oxygen atoms in total. The highest BCUT2D eigenvalue weighted by Crippen LogP contribution is 2.16. The number of aliphatic carboxylic acids is 1. The van der Waals surface area contributed by atoms with Crippen LogP contribution in [0, 0.1) is 0 Å². The summed E-state index contributed by atoms with van der Waals surface area (Å²) in [5, 5.41) is 11.1. The van der Waals surface area contributed by atoms with Crippen LogP contribution in [-0.4, -0.2) is 36.2 Å². The van der Waals surface area contributed by atoms with Crippen molar-refractivity contribution >= 4 is 11.9 Å². The van der Waals surface area contributed by atoms with Gasteiger partial charge in [-0.25, -0.2) is 0 Å². The van der Waals surface area contributed by atoms with Crippen molar-refractivity contribution in [1.29, 1.82) is 0 Å². The van der Waals surface area contributed by atoms with Gasteiger partial charge in [0.2, 0.25) is 5.91 Å². The minimum atomic E-state index is -0.934. The Kier molecular flexibility index (Phi) is 6.62. The summed E-state index contributed by atoms with van der Waals surface area (Å²) in [6, 6.07) is 0. The van der Waals surface area contributed by atoms with E-state index in [2.05, 4.69) is 5.32 Å². The monoisotopic (exact) mass is 243 g/mol. The number of amides is 1. The van der Waals surface area contributed by atoms with Gasteiger partial charge in [0.1, 0.15) is 0 Å². The van der Waals surface area contributed by atoms with Gasteiger partial charge >= 0.3 is 5.97 Å². The third-order valence-corrected chi connectivity index (χ3v) is 2.86. The van der Waals surface area contributed by atoms with Crippen LogP contribution in [0.5, 0.6) is 0 Å². The molecule has 0 radical (unpaired) electrons. The Morgan fingerprint density at radius 1 is 1.29 bits per heavy atom. The molecule has 1 aliphatic heterocycles. The summed E-state index contributed by atoms with van der Waals surface area (Å²) in [4.78, 5) is 21.4. The van der Waals surface area contributed by atoms with E-state index in [1.165, 1.54) is 6.42 Å². The Hall–Kier alpha value is -1.10. The summed E-state index contributed by atoms with van der Waals surface area (Å²) >= 11 is 0. The quantitative estimate of drug-likeness (QED) is 0.661. The van der Waals surface area contributed by atoms with E-state index in [0.717, 1.165) is 32.3 Å². The molecule has 1 aliphatic rings. The first-order valence-corrected chi connectivity index (χ1v) is 6.28. The molecule has 0 aromatic heterocycles. The van der Waals surface area contributed by atoms with Crippen molar-refractivity contribution < 1.29 is 19.4 Å². The molecule has 98 valence electrons. The zero-order chi connectivity index (χ0) is 12.5. The average molecular weight is 243 g/mol. The summed E-state index contributed by atoms with van der Waals surface area (Å²) in [6.45, 7) is 1.47. The fraction of sp³-hybridized carbons (Fsp3) is 0.833. The lowest BCUT2D eigenvalue weighted by Crippen LogP contribution is -2.26. The molecule has 1 rings (SSSR count). The molecule has 1 amide bonds. The minimum absolute atomic E-state index is 0.0647. The molecule has 5 heteroatoms. The van der Waals surface area contributed by atoms with Crippen LogP contribution >= 0.6 is 0 Å². The van der Waals surface area contributed by atoms with E-state index in [4.69, 9.17) is 9.84 Å². The predicted octanol–water partition coefficient (Wildman–Crippen LogP) is 1.32. The van der Waals surface area contributed by atoms with Gasteiger partial charge in [0, 0.05) is 19.6 Å². The van der Waals surface area contributed by atoms with Crippen molar-refractivity contribution in [2.24, 2.45) is 0 Å². The number of carbonyl (C=O) groups excluding carboxylic acids is 1. The summed E-state index contributed by atoms with van der Waals surface area (Å²) in [7, 11) is 0. The highest BCUT2D eigenvalue weighted by Gasteiger charge is 2.13. The van der Waals surface area contributed by atoms with Crippen molar-refractivity contribution in [2.45, 2.75) is 51.0 Å². The molecule has 17 heavy (non-hydrogen) atoms. The van der Waals surface area contributed by atoms with Crippen LogP contribution in [0.1, 0.15) is 44.9 Å². The van der Waals surface area contributed by atoms with Crippen molar-refractivity contribution in [3.05, 3.63) is 0 Å². The van der Waals surface area contributed by atoms with Crippen molar-refractivity contribution in [3.8, 4) is 0 Å². The van der Waals surface area contributed by atoms with Gasteiger partial charge in [-0.2, -0.15) is 0 Å². The van der Waals surface area contributed by atoms with Gasteiger partial charge in [0.15, 0.2) is 0 Å². The lowest BCUT2D eigenvalue weighted by atomic mass is 10.0. The van der Waals surface area contributed by atoms with Crippen LogP contribution in [0.4, 0.5) is 0 Å². The molecule has 1 fully saturated rings. The molecule has 2 N–H and O–H groups in total. The van der Waals surface area contributed by atoms with Crippen LogP contribution in [0.25, 0.3) is 0 Å². The third-order valence-electron chi connectivity index (χ3n) is 2.86. The first-order valence-electron chi connectivity index (χ1n) is 6.28. The van der Waals surface area contributed by atoms with E-state index in [1.807, 2.05) is 0 Å². The molecule has 0 saturated carbocycles. The molecular weight excluding hydrogens is 222 g/mol. The number of rotatable bonds is 7. The number of hydrogen-bond donors (Lipinski definition) is 2. The Morgan fingerprint density at radius 3 is 2.76 bits per heavy atom. The molecule has 0 aromatic rings. The van der Waals surface area contributed by atoms with Crippen LogP contribution in [0.2, 0.25) is 0 Å². The largest absolute Gasteiger partial charge is 0.481 e. The Bertz CT molecular complexity index is 249. The Balaban J connectivity index is 1.95. The lowest BCUT2D eigenvalue weighted by Gasteiger charge is -2.22.